The lowest BCUT2D eigenvalue weighted by Crippen LogP contribution is -2.20. The van der Waals surface area contributed by atoms with Crippen molar-refractivity contribution in [3.8, 4) is 5.75 Å². The fraction of sp³-hybridized carbons (Fsp3) is 0.333. The predicted molar refractivity (Wildman–Crippen MR) is 91.6 cm³/mol. The van der Waals surface area contributed by atoms with Gasteiger partial charge in [0, 0.05) is 25.1 Å². The van der Waals surface area contributed by atoms with E-state index in [1.54, 1.807) is 19.2 Å². The summed E-state index contributed by atoms with van der Waals surface area (Å²) in [5.41, 5.74) is 2.46. The van der Waals surface area contributed by atoms with Crippen LogP contribution in [-0.4, -0.2) is 30.2 Å². The van der Waals surface area contributed by atoms with Crippen LogP contribution in [0.1, 0.15) is 23.5 Å². The van der Waals surface area contributed by atoms with Crippen LogP contribution in [0.3, 0.4) is 0 Å². The third-order valence-corrected chi connectivity index (χ3v) is 4.53. The highest BCUT2D eigenvalue weighted by molar-refractivity contribution is 5.65. The molecule has 24 heavy (non-hydrogen) atoms. The number of hydrogen-bond acceptors (Lipinski definition) is 5. The highest BCUT2D eigenvalue weighted by Crippen LogP contribution is 2.38. The quantitative estimate of drug-likeness (QED) is 0.674. The highest BCUT2D eigenvalue weighted by atomic mass is 16.6. The molecule has 0 saturated carbocycles. The number of benzene rings is 2. The van der Waals surface area contributed by atoms with E-state index in [-0.39, 0.29) is 23.1 Å². The summed E-state index contributed by atoms with van der Waals surface area (Å²) in [5, 5.41) is 20.7. The molecule has 6 heteroatoms. The van der Waals surface area contributed by atoms with Gasteiger partial charge >= 0.3 is 0 Å². The van der Waals surface area contributed by atoms with Crippen LogP contribution in [0.4, 0.5) is 11.4 Å². The van der Waals surface area contributed by atoms with Crippen molar-refractivity contribution >= 4 is 11.4 Å². The number of aliphatic hydroxyl groups excluding tert-OH is 1. The lowest BCUT2D eigenvalue weighted by atomic mass is 9.97. The largest absolute Gasteiger partial charge is 0.496 e. The van der Waals surface area contributed by atoms with Gasteiger partial charge in [0.25, 0.3) is 5.69 Å². The molecule has 1 fully saturated rings. The summed E-state index contributed by atoms with van der Waals surface area (Å²) in [7, 11) is 1.65. The van der Waals surface area contributed by atoms with Crippen LogP contribution in [0.5, 0.6) is 5.75 Å². The number of anilines is 1. The van der Waals surface area contributed by atoms with Crippen molar-refractivity contribution in [3.63, 3.8) is 0 Å². The normalized spacial score (nSPS) is 17.1. The standard InChI is InChI=1S/C18H20N2O4/c1-24-18-5-3-2-4-15(18)14-8-9-19(11-14)17-10-13(12-21)6-7-16(17)20(22)23/h2-7,10,14,21H,8-9,11-12H2,1H3. The first-order valence-electron chi connectivity index (χ1n) is 7.90. The second kappa shape index (κ2) is 6.88. The number of rotatable bonds is 5. The topological polar surface area (TPSA) is 75.8 Å². The molecule has 1 unspecified atom stereocenters. The molecule has 1 aliphatic heterocycles. The van der Waals surface area contributed by atoms with Crippen molar-refractivity contribution in [2.75, 3.05) is 25.1 Å². The Morgan fingerprint density at radius 2 is 2.12 bits per heavy atom. The average Bonchev–Trinajstić information content (AvgIpc) is 3.10. The van der Waals surface area contributed by atoms with Crippen LogP contribution in [0.2, 0.25) is 0 Å². The van der Waals surface area contributed by atoms with Gasteiger partial charge < -0.3 is 14.7 Å². The van der Waals surface area contributed by atoms with Gasteiger partial charge in [0.05, 0.1) is 18.6 Å². The van der Waals surface area contributed by atoms with E-state index in [1.165, 1.54) is 6.07 Å². The fourth-order valence-corrected chi connectivity index (χ4v) is 3.31. The molecule has 0 radical (unpaired) electrons. The number of para-hydroxylation sites is 1. The average molecular weight is 328 g/mol. The van der Waals surface area contributed by atoms with Gasteiger partial charge in [-0.05, 0) is 35.7 Å². The minimum absolute atomic E-state index is 0.0767. The molecule has 0 aromatic heterocycles. The van der Waals surface area contributed by atoms with Crippen LogP contribution in [-0.2, 0) is 6.61 Å². The minimum Gasteiger partial charge on any atom is -0.496 e. The molecule has 0 bridgehead atoms. The second-order valence-electron chi connectivity index (χ2n) is 5.91. The van der Waals surface area contributed by atoms with E-state index >= 15 is 0 Å². The SMILES string of the molecule is COc1ccccc1C1CCN(c2cc(CO)ccc2[N+](=O)[O-])C1. The maximum absolute atomic E-state index is 11.3. The number of hydrogen-bond donors (Lipinski definition) is 1. The Morgan fingerprint density at radius 3 is 2.83 bits per heavy atom. The number of nitro benzene ring substituents is 1. The molecule has 2 aromatic rings. The maximum Gasteiger partial charge on any atom is 0.292 e. The lowest BCUT2D eigenvalue weighted by Gasteiger charge is -2.20. The van der Waals surface area contributed by atoms with Gasteiger partial charge in [0.2, 0.25) is 0 Å². The van der Waals surface area contributed by atoms with Crippen LogP contribution in [0, 0.1) is 10.1 Å². The summed E-state index contributed by atoms with van der Waals surface area (Å²) in [4.78, 5) is 13.0. The van der Waals surface area contributed by atoms with Crippen molar-refractivity contribution in [2.45, 2.75) is 18.9 Å². The summed E-state index contributed by atoms with van der Waals surface area (Å²) in [5.74, 6) is 1.11. The first kappa shape index (κ1) is 16.3. The van der Waals surface area contributed by atoms with Crippen LogP contribution >= 0.6 is 0 Å². The van der Waals surface area contributed by atoms with Crippen molar-refractivity contribution in [2.24, 2.45) is 0 Å². The molecule has 1 heterocycles. The van der Waals surface area contributed by atoms with Gasteiger partial charge in [-0.15, -0.1) is 0 Å². The fourth-order valence-electron chi connectivity index (χ4n) is 3.31. The summed E-state index contributed by atoms with van der Waals surface area (Å²) in [6.07, 6.45) is 0.904. The predicted octanol–water partition coefficient (Wildman–Crippen LogP) is 3.09. The molecular weight excluding hydrogens is 308 g/mol. The maximum atomic E-state index is 11.3. The number of ether oxygens (including phenoxy) is 1. The molecule has 2 aromatic carbocycles. The third kappa shape index (κ3) is 3.05. The molecule has 1 atom stereocenters. The van der Waals surface area contributed by atoms with Crippen molar-refractivity contribution in [3.05, 3.63) is 63.7 Å². The molecular formula is C18H20N2O4. The van der Waals surface area contributed by atoms with E-state index in [9.17, 15) is 15.2 Å². The Balaban J connectivity index is 1.89. The number of nitro groups is 1. The molecule has 126 valence electrons. The van der Waals surface area contributed by atoms with Gasteiger partial charge in [-0.2, -0.15) is 0 Å². The first-order chi connectivity index (χ1) is 11.6. The molecule has 0 spiro atoms. The Hall–Kier alpha value is -2.60. The van der Waals surface area contributed by atoms with Crippen LogP contribution in [0.25, 0.3) is 0 Å². The minimum atomic E-state index is -0.368. The van der Waals surface area contributed by atoms with Gasteiger partial charge in [-0.25, -0.2) is 0 Å². The van der Waals surface area contributed by atoms with Gasteiger partial charge in [0.1, 0.15) is 11.4 Å². The van der Waals surface area contributed by atoms with Crippen molar-refractivity contribution in [1.29, 1.82) is 0 Å². The zero-order valence-electron chi connectivity index (χ0n) is 13.5. The van der Waals surface area contributed by atoms with E-state index in [0.717, 1.165) is 24.3 Å². The molecule has 6 nitrogen and oxygen atoms in total. The zero-order chi connectivity index (χ0) is 17.1. The third-order valence-electron chi connectivity index (χ3n) is 4.53. The van der Waals surface area contributed by atoms with Crippen LogP contribution < -0.4 is 9.64 Å². The number of nitrogens with zero attached hydrogens (tertiary/aromatic N) is 2. The summed E-state index contributed by atoms with van der Waals surface area (Å²) in [6.45, 7) is 1.29. The lowest BCUT2D eigenvalue weighted by molar-refractivity contribution is -0.384. The summed E-state index contributed by atoms with van der Waals surface area (Å²) < 4.78 is 5.44. The Morgan fingerprint density at radius 1 is 1.33 bits per heavy atom. The summed E-state index contributed by atoms with van der Waals surface area (Å²) in [6, 6.07) is 12.7. The van der Waals surface area contributed by atoms with Gasteiger partial charge in [-0.3, -0.25) is 10.1 Å². The van der Waals surface area contributed by atoms with Gasteiger partial charge in [0.15, 0.2) is 0 Å². The highest BCUT2D eigenvalue weighted by Gasteiger charge is 2.30. The zero-order valence-corrected chi connectivity index (χ0v) is 13.5. The molecule has 1 saturated heterocycles. The van der Waals surface area contributed by atoms with Gasteiger partial charge in [-0.1, -0.05) is 18.2 Å². The number of aliphatic hydroxyl groups is 1. The van der Waals surface area contributed by atoms with Crippen molar-refractivity contribution < 1.29 is 14.8 Å². The van der Waals surface area contributed by atoms with E-state index < -0.39 is 0 Å². The molecule has 1 aliphatic rings. The Kier molecular flexibility index (Phi) is 4.66. The smallest absolute Gasteiger partial charge is 0.292 e. The summed E-state index contributed by atoms with van der Waals surface area (Å²) >= 11 is 0. The molecule has 3 rings (SSSR count). The van der Waals surface area contributed by atoms with Crippen LogP contribution in [0.15, 0.2) is 42.5 Å². The van der Waals surface area contributed by atoms with Crippen molar-refractivity contribution in [1.82, 2.24) is 0 Å². The molecule has 1 N–H and O–H groups in total. The first-order valence-corrected chi connectivity index (χ1v) is 7.90. The monoisotopic (exact) mass is 328 g/mol. The number of methoxy groups -OCH3 is 1. The van der Waals surface area contributed by atoms with E-state index in [4.69, 9.17) is 4.74 Å². The Labute approximate surface area is 140 Å². The second-order valence-corrected chi connectivity index (χ2v) is 5.91. The molecule has 0 amide bonds. The Bertz CT molecular complexity index is 748. The van der Waals surface area contributed by atoms with E-state index in [2.05, 4.69) is 0 Å². The van der Waals surface area contributed by atoms with E-state index in [1.807, 2.05) is 29.2 Å². The molecule has 0 aliphatic carbocycles. The van der Waals surface area contributed by atoms with E-state index in [0.29, 0.717) is 17.8 Å².